The van der Waals surface area contributed by atoms with Crippen molar-refractivity contribution in [3.05, 3.63) is 117 Å². The van der Waals surface area contributed by atoms with Crippen molar-refractivity contribution in [2.75, 3.05) is 7.05 Å². The van der Waals surface area contributed by atoms with Crippen LogP contribution in [0.15, 0.2) is 78.4 Å². The lowest BCUT2D eigenvalue weighted by Gasteiger charge is -2.74. The molecule has 15 bridgehead atoms. The number of aliphatic hydroxyl groups excluding tert-OH is 2. The van der Waals surface area contributed by atoms with Crippen LogP contribution in [-0.4, -0.2) is 79.9 Å². The highest BCUT2D eigenvalue weighted by Crippen LogP contribution is 2.80. The van der Waals surface area contributed by atoms with Crippen LogP contribution in [0.3, 0.4) is 0 Å². The van der Waals surface area contributed by atoms with Crippen LogP contribution in [0.5, 0.6) is 0 Å². The first-order chi connectivity index (χ1) is 39.6. The number of fused-ring (bicyclic) bond motifs is 3. The summed E-state index contributed by atoms with van der Waals surface area (Å²) in [6.07, 6.45) is 20.9. The van der Waals surface area contributed by atoms with Gasteiger partial charge in [0.25, 0.3) is 0 Å². The molecule has 3 aromatic carbocycles. The zero-order chi connectivity index (χ0) is 56.2. The van der Waals surface area contributed by atoms with Gasteiger partial charge in [-0.05, 0) is 240 Å². The standard InChI is InChI=1S/C73H91NO8/c1-44(51-12-3-4-13-51)53-18-19-60-66(78)68-26-21-46(37-68)17-16-45-8-5-9-47(28-45)29-48-10-6-11-49(30-48)31-50-20-24-67(36-50)25-22-52-14-7-15-54(40-75)57(52)34-61(74-2)58-33-55-38-72(80)69(41-67,64(55)59-35-63(77)82-65(58)59)27-23-62-70(42-68,43-76)73(60,81)56(32-53)39-71(62,72)79/h5-11,14-15,28,30,35,43-44,46,50-51,53,55-56,58,60-62,64-66,74-75,78-81H,3-4,12-13,16-21,23-24,26-27,29,31-34,36-42H2,1-2H3. The van der Waals surface area contributed by atoms with Gasteiger partial charge in [0.05, 0.1) is 29.3 Å². The number of aldehydes is 1. The number of ether oxygens (including phenoxy) is 1. The van der Waals surface area contributed by atoms with Crippen molar-refractivity contribution in [3.63, 3.8) is 0 Å². The number of rotatable bonds is 5. The van der Waals surface area contributed by atoms with Crippen LogP contribution in [0.1, 0.15) is 181 Å². The number of hydrogen-bond acceptors (Lipinski definition) is 9. The zero-order valence-electron chi connectivity index (χ0n) is 48.9. The largest absolute Gasteiger partial charge is 0.454 e. The number of carbonyl (C=O) groups excluding carboxylic acids is 2. The van der Waals surface area contributed by atoms with Gasteiger partial charge in [0.1, 0.15) is 18.0 Å². The van der Waals surface area contributed by atoms with Crippen LogP contribution in [-0.2, 0) is 46.6 Å². The van der Waals surface area contributed by atoms with Crippen LogP contribution in [0.25, 0.3) is 0 Å². The van der Waals surface area contributed by atoms with E-state index in [1.54, 1.807) is 6.08 Å². The number of aliphatic hydroxyl groups is 5. The minimum absolute atomic E-state index is 0.117. The topological polar surface area (TPSA) is 157 Å². The Morgan fingerprint density at radius 2 is 1.56 bits per heavy atom. The highest BCUT2D eigenvalue weighted by atomic mass is 16.5. The molecular formula is C73H91NO8. The number of esters is 1. The molecule has 0 saturated heterocycles. The fraction of sp³-hybridized carbons (Fsp3) is 0.671. The van der Waals surface area contributed by atoms with Crippen molar-refractivity contribution in [1.82, 2.24) is 5.32 Å². The lowest BCUT2D eigenvalue weighted by Crippen LogP contribution is -2.82. The quantitative estimate of drug-likeness (QED) is 0.0832. The fourth-order valence-corrected chi connectivity index (χ4v) is 23.9. The molecule has 20 unspecified atom stereocenters. The Bertz CT molecular complexity index is 3130. The molecule has 6 N–H and O–H groups in total. The minimum atomic E-state index is -1.79. The first kappa shape index (κ1) is 54.5. The third-order valence-electron chi connectivity index (χ3n) is 27.2. The van der Waals surface area contributed by atoms with E-state index in [9.17, 15) is 20.1 Å². The van der Waals surface area contributed by atoms with Crippen molar-refractivity contribution < 1.29 is 39.9 Å². The van der Waals surface area contributed by atoms with Crippen LogP contribution in [0.4, 0.5) is 0 Å². The highest BCUT2D eigenvalue weighted by Gasteiger charge is 2.85. The summed E-state index contributed by atoms with van der Waals surface area (Å²) in [5.41, 5.74) is 0.265. The molecule has 0 amide bonds. The van der Waals surface area contributed by atoms with Crippen molar-refractivity contribution in [2.45, 2.75) is 209 Å². The average Bonchev–Trinajstić information content (AvgIpc) is 1.24. The molecule has 3 spiro atoms. The van der Waals surface area contributed by atoms with Crippen LogP contribution < -0.4 is 5.32 Å². The molecule has 3 aromatic rings. The van der Waals surface area contributed by atoms with Gasteiger partial charge < -0.3 is 40.4 Å². The second-order valence-electron chi connectivity index (χ2n) is 30.5. The predicted octanol–water partition coefficient (Wildman–Crippen LogP) is 10.7. The van der Waals surface area contributed by atoms with Gasteiger partial charge in [0, 0.05) is 46.3 Å². The lowest BCUT2D eigenvalue weighted by atomic mass is 9.33. The van der Waals surface area contributed by atoms with E-state index in [2.05, 4.69) is 78.7 Å². The molecule has 0 radical (unpaired) electrons. The summed E-state index contributed by atoms with van der Waals surface area (Å²) in [4.78, 5) is 29.7. The maximum Gasteiger partial charge on any atom is 0.331 e. The number of nitrogens with one attached hydrogen (secondary N) is 1. The summed E-state index contributed by atoms with van der Waals surface area (Å²) in [6.45, 7) is 2.31. The van der Waals surface area contributed by atoms with Gasteiger partial charge in [0.15, 0.2) is 0 Å². The Kier molecular flexibility index (Phi) is 13.1. The van der Waals surface area contributed by atoms with E-state index in [4.69, 9.17) is 4.74 Å². The second-order valence-corrected chi connectivity index (χ2v) is 30.5. The van der Waals surface area contributed by atoms with Gasteiger partial charge in [-0.15, -0.1) is 0 Å². The third-order valence-corrected chi connectivity index (χ3v) is 27.2. The number of likely N-dealkylation sites (N-methyl/N-ethyl adjacent to an activating group) is 1. The summed E-state index contributed by atoms with van der Waals surface area (Å²) in [5.74, 6) is 7.06. The molecular weight excluding hydrogens is 1020 g/mol. The van der Waals surface area contributed by atoms with Gasteiger partial charge in [-0.25, -0.2) is 4.79 Å². The van der Waals surface area contributed by atoms with E-state index in [-0.39, 0.29) is 48.7 Å². The Hall–Kier alpha value is -4.14. The van der Waals surface area contributed by atoms with E-state index < -0.39 is 68.4 Å². The first-order valence-corrected chi connectivity index (χ1v) is 32.9. The summed E-state index contributed by atoms with van der Waals surface area (Å²) in [6, 6.07) is 24.3. The molecule has 9 nitrogen and oxygen atoms in total. The Balaban J connectivity index is 0.949. The second kappa shape index (κ2) is 19.7. The van der Waals surface area contributed by atoms with E-state index in [0.29, 0.717) is 81.5 Å². The summed E-state index contributed by atoms with van der Waals surface area (Å²) in [7, 11) is 1.98. The van der Waals surface area contributed by atoms with Crippen molar-refractivity contribution in [3.8, 4) is 11.8 Å². The van der Waals surface area contributed by atoms with Gasteiger partial charge in [0.2, 0.25) is 0 Å². The van der Waals surface area contributed by atoms with Gasteiger partial charge in [-0.2, -0.15) is 0 Å². The summed E-state index contributed by atoms with van der Waals surface area (Å²) in [5, 5.41) is 73.4. The maximum atomic E-state index is 15.5. The molecule has 14 aliphatic rings. The molecule has 9 heteroatoms. The van der Waals surface area contributed by atoms with Gasteiger partial charge in [-0.1, -0.05) is 105 Å². The molecule has 1 aliphatic heterocycles. The maximum absolute atomic E-state index is 15.5. The molecule has 436 valence electrons. The van der Waals surface area contributed by atoms with E-state index >= 15 is 15.0 Å². The minimum Gasteiger partial charge on any atom is -0.454 e. The van der Waals surface area contributed by atoms with Crippen molar-refractivity contribution in [2.24, 2.45) is 86.8 Å². The van der Waals surface area contributed by atoms with Gasteiger partial charge >= 0.3 is 5.97 Å². The number of carbonyl (C=O) groups is 2. The molecule has 0 aromatic heterocycles. The molecule has 9 saturated carbocycles. The Morgan fingerprint density at radius 3 is 2.35 bits per heavy atom. The smallest absolute Gasteiger partial charge is 0.331 e. The number of benzene rings is 3. The van der Waals surface area contributed by atoms with E-state index in [0.717, 1.165) is 99.2 Å². The first-order valence-electron chi connectivity index (χ1n) is 32.9. The number of hydrogen-bond donors (Lipinski definition) is 6. The average molecular weight is 1110 g/mol. The van der Waals surface area contributed by atoms with Crippen LogP contribution >= 0.6 is 0 Å². The molecule has 20 atom stereocenters. The third kappa shape index (κ3) is 7.84. The van der Waals surface area contributed by atoms with E-state index in [1.165, 1.54) is 47.9 Å². The normalized spacial score (nSPS) is 45.6. The summed E-state index contributed by atoms with van der Waals surface area (Å²) >= 11 is 0. The molecule has 82 heavy (non-hydrogen) atoms. The highest BCUT2D eigenvalue weighted by molar-refractivity contribution is 5.86. The lowest BCUT2D eigenvalue weighted by molar-refractivity contribution is -0.356. The van der Waals surface area contributed by atoms with E-state index in [1.807, 2.05) is 19.2 Å². The Labute approximate surface area is 487 Å². The monoisotopic (exact) mass is 1110 g/mol. The van der Waals surface area contributed by atoms with Crippen molar-refractivity contribution in [1.29, 1.82) is 0 Å². The summed E-state index contributed by atoms with van der Waals surface area (Å²) < 4.78 is 6.57. The predicted molar refractivity (Wildman–Crippen MR) is 315 cm³/mol. The fourth-order valence-electron chi connectivity index (χ4n) is 23.9. The van der Waals surface area contributed by atoms with Gasteiger partial charge in [-0.3, -0.25) is 0 Å². The van der Waals surface area contributed by atoms with Crippen molar-refractivity contribution >= 4 is 12.3 Å². The van der Waals surface area contributed by atoms with Crippen LogP contribution in [0, 0.1) is 98.6 Å². The van der Waals surface area contributed by atoms with Crippen LogP contribution in [0.2, 0.25) is 0 Å². The molecule has 13 aliphatic carbocycles. The molecule has 1 heterocycles. The Morgan fingerprint density at radius 1 is 0.793 bits per heavy atom. The molecule has 17 rings (SSSR count). The zero-order valence-corrected chi connectivity index (χ0v) is 48.9. The SMILES string of the molecule is CNC1Cc2c(cccc2CO)C#CC23CCC(Cc4cccc(c4)Cc4cccc(c4)CCC4CCC5(C4)CC4(C=O)C6CCC7(C2)C2C8=CC(=O)OC8C1CC2CC7(O)C6(O)CC1CC(C(C)C2CCCC2)CCC(C5O)C14O)C3. The molecule has 9 fully saturated rings. The number of aryl methyl sites for hydroxylation is 1.